The van der Waals surface area contributed by atoms with E-state index in [4.69, 9.17) is 38.4 Å². The predicted molar refractivity (Wildman–Crippen MR) is 84.0 cm³/mol. The van der Waals surface area contributed by atoms with Crippen molar-refractivity contribution in [2.45, 2.75) is 12.5 Å². The number of hydrogen-bond acceptors (Lipinski definition) is 4. The second-order valence-electron chi connectivity index (χ2n) is 4.51. The molecule has 0 bridgehead atoms. The van der Waals surface area contributed by atoms with E-state index in [1.807, 2.05) is 0 Å². The van der Waals surface area contributed by atoms with Gasteiger partial charge in [-0.25, -0.2) is 0 Å². The van der Waals surface area contributed by atoms with Gasteiger partial charge in [-0.3, -0.25) is 9.59 Å². The largest absolute Gasteiger partial charge is 0.382 e. The molecule has 22 heavy (non-hydrogen) atoms. The number of primary amides is 1. The molecule has 0 fully saturated rings. The van der Waals surface area contributed by atoms with Gasteiger partial charge in [0, 0.05) is 23.6 Å². The molecule has 0 aliphatic carbocycles. The third-order valence-corrected chi connectivity index (χ3v) is 3.37. The van der Waals surface area contributed by atoms with E-state index in [1.54, 1.807) is 18.2 Å². The fraction of sp³-hybridized carbons (Fsp3) is 0.429. The minimum Gasteiger partial charge on any atom is -0.382 e. The Morgan fingerprint density at radius 1 is 1.32 bits per heavy atom. The van der Waals surface area contributed by atoms with Crippen molar-refractivity contribution in [1.82, 2.24) is 5.32 Å². The Kier molecular flexibility index (Phi) is 8.19. The SMILES string of the molecule is COCCOCC(=O)N[C@@H](Cc1ccc(Cl)cc1Cl)C(N)=O. The lowest BCUT2D eigenvalue weighted by atomic mass is 10.1. The van der Waals surface area contributed by atoms with Crippen LogP contribution >= 0.6 is 23.2 Å². The summed E-state index contributed by atoms with van der Waals surface area (Å²) in [4.78, 5) is 23.2. The summed E-state index contributed by atoms with van der Waals surface area (Å²) in [7, 11) is 1.53. The highest BCUT2D eigenvalue weighted by atomic mass is 35.5. The van der Waals surface area contributed by atoms with E-state index in [9.17, 15) is 9.59 Å². The first-order chi connectivity index (χ1) is 10.4. The van der Waals surface area contributed by atoms with Crippen molar-refractivity contribution >= 4 is 35.0 Å². The molecule has 1 aromatic carbocycles. The summed E-state index contributed by atoms with van der Waals surface area (Å²) >= 11 is 11.9. The summed E-state index contributed by atoms with van der Waals surface area (Å²) < 4.78 is 9.86. The molecule has 8 heteroatoms. The number of halogens is 2. The zero-order valence-electron chi connectivity index (χ0n) is 12.1. The molecule has 0 aromatic heterocycles. The molecule has 0 saturated carbocycles. The van der Waals surface area contributed by atoms with Gasteiger partial charge in [-0.1, -0.05) is 29.3 Å². The number of hydrogen-bond donors (Lipinski definition) is 2. The van der Waals surface area contributed by atoms with Crippen molar-refractivity contribution in [3.63, 3.8) is 0 Å². The smallest absolute Gasteiger partial charge is 0.246 e. The Labute approximate surface area is 138 Å². The lowest BCUT2D eigenvalue weighted by molar-refractivity contribution is -0.130. The molecule has 0 radical (unpaired) electrons. The molecule has 0 heterocycles. The second-order valence-corrected chi connectivity index (χ2v) is 5.35. The molecule has 1 atom stereocenters. The van der Waals surface area contributed by atoms with Crippen LogP contribution in [0.5, 0.6) is 0 Å². The number of benzene rings is 1. The molecule has 1 aromatic rings. The van der Waals surface area contributed by atoms with E-state index in [2.05, 4.69) is 5.32 Å². The zero-order chi connectivity index (χ0) is 16.5. The van der Waals surface area contributed by atoms with E-state index < -0.39 is 17.9 Å². The number of amides is 2. The average Bonchev–Trinajstić information content (AvgIpc) is 2.45. The first-order valence-electron chi connectivity index (χ1n) is 6.53. The molecular formula is C14H18Cl2N2O4. The van der Waals surface area contributed by atoms with Crippen LogP contribution in [0, 0.1) is 0 Å². The molecule has 0 aliphatic rings. The number of carbonyl (C=O) groups excluding carboxylic acids is 2. The van der Waals surface area contributed by atoms with Crippen LogP contribution in [0.1, 0.15) is 5.56 Å². The van der Waals surface area contributed by atoms with Gasteiger partial charge in [-0.05, 0) is 17.7 Å². The van der Waals surface area contributed by atoms with Crippen LogP contribution in [0.2, 0.25) is 10.0 Å². The number of ether oxygens (including phenoxy) is 2. The molecule has 0 spiro atoms. The van der Waals surface area contributed by atoms with Crippen LogP contribution in [-0.2, 0) is 25.5 Å². The third-order valence-electron chi connectivity index (χ3n) is 2.78. The average molecular weight is 349 g/mol. The van der Waals surface area contributed by atoms with Crippen molar-refractivity contribution in [1.29, 1.82) is 0 Å². The fourth-order valence-corrected chi connectivity index (χ4v) is 2.16. The van der Waals surface area contributed by atoms with Crippen LogP contribution in [0.25, 0.3) is 0 Å². The van der Waals surface area contributed by atoms with Crippen molar-refractivity contribution in [3.05, 3.63) is 33.8 Å². The van der Waals surface area contributed by atoms with E-state index in [1.165, 1.54) is 7.11 Å². The maximum atomic E-state index is 11.7. The Balaban J connectivity index is 2.58. The Morgan fingerprint density at radius 2 is 2.05 bits per heavy atom. The van der Waals surface area contributed by atoms with E-state index in [-0.39, 0.29) is 19.6 Å². The van der Waals surface area contributed by atoms with Crippen LogP contribution in [0.15, 0.2) is 18.2 Å². The molecule has 2 amide bonds. The molecular weight excluding hydrogens is 331 g/mol. The van der Waals surface area contributed by atoms with Crippen molar-refractivity contribution in [2.75, 3.05) is 26.9 Å². The molecule has 0 saturated heterocycles. The maximum absolute atomic E-state index is 11.7. The maximum Gasteiger partial charge on any atom is 0.246 e. The van der Waals surface area contributed by atoms with Gasteiger partial charge in [0.1, 0.15) is 12.6 Å². The van der Waals surface area contributed by atoms with Gasteiger partial charge in [0.15, 0.2) is 0 Å². The Hall–Kier alpha value is -1.34. The summed E-state index contributed by atoms with van der Waals surface area (Å²) in [6.45, 7) is 0.489. The second kappa shape index (κ2) is 9.63. The molecule has 0 aliphatic heterocycles. The predicted octanol–water partition coefficient (Wildman–Crippen LogP) is 1.17. The molecule has 122 valence electrons. The van der Waals surface area contributed by atoms with Gasteiger partial charge in [0.2, 0.25) is 11.8 Å². The number of nitrogens with two attached hydrogens (primary N) is 1. The van der Waals surface area contributed by atoms with Gasteiger partial charge in [0.05, 0.1) is 13.2 Å². The highest BCUT2D eigenvalue weighted by Crippen LogP contribution is 2.22. The highest BCUT2D eigenvalue weighted by molar-refractivity contribution is 6.35. The summed E-state index contributed by atoms with van der Waals surface area (Å²) in [5.41, 5.74) is 5.97. The van der Waals surface area contributed by atoms with Gasteiger partial charge in [-0.15, -0.1) is 0 Å². The molecule has 1 rings (SSSR count). The summed E-state index contributed by atoms with van der Waals surface area (Å²) in [5, 5.41) is 3.41. The molecule has 6 nitrogen and oxygen atoms in total. The van der Waals surface area contributed by atoms with Crippen molar-refractivity contribution < 1.29 is 19.1 Å². The summed E-state index contributed by atoms with van der Waals surface area (Å²) in [5.74, 6) is -1.10. The number of carbonyl (C=O) groups is 2. The van der Waals surface area contributed by atoms with Crippen molar-refractivity contribution in [3.8, 4) is 0 Å². The standard InChI is InChI=1S/C14H18Cl2N2O4/c1-21-4-5-22-8-13(19)18-12(14(17)20)6-9-2-3-10(15)7-11(9)16/h2-3,7,12H,4-6,8H2,1H3,(H2,17,20)(H,18,19)/t12-/m0/s1. The monoisotopic (exact) mass is 348 g/mol. The zero-order valence-corrected chi connectivity index (χ0v) is 13.6. The normalized spacial score (nSPS) is 12.0. The van der Waals surface area contributed by atoms with Gasteiger partial charge in [-0.2, -0.15) is 0 Å². The van der Waals surface area contributed by atoms with E-state index >= 15 is 0 Å². The first kappa shape index (κ1) is 18.7. The van der Waals surface area contributed by atoms with Gasteiger partial charge < -0.3 is 20.5 Å². The van der Waals surface area contributed by atoms with Crippen molar-refractivity contribution in [2.24, 2.45) is 5.73 Å². The highest BCUT2D eigenvalue weighted by Gasteiger charge is 2.20. The minimum atomic E-state index is -0.878. The molecule has 3 N–H and O–H groups in total. The summed E-state index contributed by atoms with van der Waals surface area (Å²) in [6, 6.07) is 4.02. The minimum absolute atomic E-state index is 0.176. The van der Waals surface area contributed by atoms with Crippen LogP contribution in [0.3, 0.4) is 0 Å². The van der Waals surface area contributed by atoms with Gasteiger partial charge >= 0.3 is 0 Å². The Bertz CT molecular complexity index is 526. The van der Waals surface area contributed by atoms with Crippen LogP contribution in [0.4, 0.5) is 0 Å². The van der Waals surface area contributed by atoms with Gasteiger partial charge in [0.25, 0.3) is 0 Å². The number of rotatable bonds is 9. The third kappa shape index (κ3) is 6.62. The van der Waals surface area contributed by atoms with Crippen LogP contribution in [-0.4, -0.2) is 44.8 Å². The summed E-state index contributed by atoms with van der Waals surface area (Å²) in [6.07, 6.45) is 0.176. The fourth-order valence-electron chi connectivity index (χ4n) is 1.67. The topological polar surface area (TPSA) is 90.7 Å². The number of methoxy groups -OCH3 is 1. The lowest BCUT2D eigenvalue weighted by Gasteiger charge is -2.16. The van der Waals surface area contributed by atoms with E-state index in [0.717, 1.165) is 0 Å². The first-order valence-corrected chi connectivity index (χ1v) is 7.29. The Morgan fingerprint density at radius 3 is 2.64 bits per heavy atom. The number of nitrogens with one attached hydrogen (secondary N) is 1. The van der Waals surface area contributed by atoms with E-state index in [0.29, 0.717) is 22.2 Å². The quantitative estimate of drug-likeness (QED) is 0.655. The lowest BCUT2D eigenvalue weighted by Crippen LogP contribution is -2.47. The van der Waals surface area contributed by atoms with Crippen LogP contribution < -0.4 is 11.1 Å². The molecule has 0 unspecified atom stereocenters.